The summed E-state index contributed by atoms with van der Waals surface area (Å²) in [5.41, 5.74) is 4.76. The van der Waals surface area contributed by atoms with Crippen molar-refractivity contribution in [2.75, 3.05) is 32.1 Å². The fourth-order valence-electron chi connectivity index (χ4n) is 9.01. The number of aryl methyl sites for hydroxylation is 1. The molecule has 5 aromatic rings. The predicted molar refractivity (Wildman–Crippen MR) is 275 cm³/mol. The maximum Gasteiger partial charge on any atom is 0.246 e. The molecule has 0 saturated carbocycles. The number of fused-ring (bicyclic) bond motifs is 1. The number of hydrogen-bond acceptors (Lipinski definition) is 12. The zero-order valence-corrected chi connectivity index (χ0v) is 43.2. The number of β-amino-alcohol motifs (C(OH)–C–C–N with tert-alkyl or cyclic N) is 1. The number of aliphatic hydroxyl groups is 1. The van der Waals surface area contributed by atoms with Gasteiger partial charge in [0.15, 0.2) is 17.3 Å². The number of benzene rings is 3. The zero-order valence-electron chi connectivity index (χ0n) is 40.9. The van der Waals surface area contributed by atoms with Gasteiger partial charge in [-0.1, -0.05) is 93.9 Å². The van der Waals surface area contributed by atoms with Gasteiger partial charge in [0, 0.05) is 69.7 Å². The lowest BCUT2D eigenvalue weighted by molar-refractivity contribution is -0.144. The fourth-order valence-corrected chi connectivity index (χ4v) is 10.1. The molecule has 1 unspecified atom stereocenters. The number of halogens is 3. The van der Waals surface area contributed by atoms with Crippen LogP contribution in [0.25, 0.3) is 21.3 Å². The Balaban J connectivity index is 0.793. The molecule has 2 fully saturated rings. The fraction of sp³-hybridized carbons (Fsp3) is 0.481. The molecule has 15 nitrogen and oxygen atoms in total. The van der Waals surface area contributed by atoms with Gasteiger partial charge in [-0.25, -0.2) is 19.3 Å². The van der Waals surface area contributed by atoms with Crippen molar-refractivity contribution >= 4 is 80.6 Å². The average molecular weight is 1030 g/mol. The largest absolute Gasteiger partial charge is 0.493 e. The number of nitrogens with zero attached hydrogens (tertiary/aromatic N) is 5. The number of carbonyl (C=O) groups is 4. The Morgan fingerprint density at radius 2 is 1.63 bits per heavy atom. The van der Waals surface area contributed by atoms with Crippen molar-refractivity contribution in [3.8, 4) is 21.9 Å². The number of amides is 4. The molecule has 2 aliphatic heterocycles. The van der Waals surface area contributed by atoms with E-state index in [9.17, 15) is 28.7 Å². The smallest absolute Gasteiger partial charge is 0.246 e. The summed E-state index contributed by atoms with van der Waals surface area (Å²) in [6.45, 7) is 9.00. The number of unbranched alkanes of at least 4 members (excludes halogenated alkanes) is 5. The Morgan fingerprint density at radius 1 is 0.930 bits per heavy atom. The molecule has 0 bridgehead atoms. The molecular weight excluding hydrogens is 971 g/mol. The molecule has 2 saturated heterocycles. The third-order valence-corrected chi connectivity index (χ3v) is 14.8. The lowest BCUT2D eigenvalue weighted by atomic mass is 9.85. The number of ether oxygens (including phenoxy) is 2. The van der Waals surface area contributed by atoms with Crippen molar-refractivity contribution in [2.45, 2.75) is 129 Å². The van der Waals surface area contributed by atoms with Crippen LogP contribution in [0.4, 0.5) is 15.9 Å². The first-order valence-corrected chi connectivity index (χ1v) is 25.9. The van der Waals surface area contributed by atoms with Gasteiger partial charge in [0.1, 0.15) is 30.3 Å². The van der Waals surface area contributed by atoms with Crippen LogP contribution in [0.1, 0.15) is 103 Å². The van der Waals surface area contributed by atoms with Crippen LogP contribution in [0, 0.1) is 18.2 Å². The summed E-state index contributed by atoms with van der Waals surface area (Å²) in [6, 6.07) is 12.6. The predicted octanol–water partition coefficient (Wildman–Crippen LogP) is 9.56. The van der Waals surface area contributed by atoms with Crippen LogP contribution in [-0.4, -0.2) is 105 Å². The summed E-state index contributed by atoms with van der Waals surface area (Å²) >= 11 is 13.6. The van der Waals surface area contributed by atoms with Gasteiger partial charge in [0.2, 0.25) is 23.6 Å². The normalized spacial score (nSPS) is 16.7. The van der Waals surface area contributed by atoms with E-state index in [-0.39, 0.29) is 71.4 Å². The lowest BCUT2D eigenvalue weighted by Crippen LogP contribution is -2.57. The van der Waals surface area contributed by atoms with Crippen molar-refractivity contribution in [2.24, 2.45) is 5.41 Å². The Kier molecular flexibility index (Phi) is 18.1. The van der Waals surface area contributed by atoms with E-state index in [2.05, 4.69) is 30.9 Å². The van der Waals surface area contributed by atoms with Crippen LogP contribution < -0.4 is 25.4 Å². The third kappa shape index (κ3) is 13.7. The van der Waals surface area contributed by atoms with Gasteiger partial charge in [-0.05, 0) is 54.5 Å². The highest BCUT2D eigenvalue weighted by Crippen LogP contribution is 2.38. The second kappa shape index (κ2) is 24.2. The number of aliphatic hydroxyl groups excluding tert-OH is 1. The van der Waals surface area contributed by atoms with Crippen molar-refractivity contribution in [3.05, 3.63) is 87.5 Å². The maximum atomic E-state index is 14.9. The molecule has 4 amide bonds. The summed E-state index contributed by atoms with van der Waals surface area (Å²) in [5.74, 6) is -0.238. The van der Waals surface area contributed by atoms with E-state index in [0.717, 1.165) is 53.8 Å². The molecule has 7 rings (SSSR count). The third-order valence-electron chi connectivity index (χ3n) is 13.1. The highest BCUT2D eigenvalue weighted by Gasteiger charge is 2.44. The van der Waals surface area contributed by atoms with Gasteiger partial charge in [-0.15, -0.1) is 11.3 Å². The van der Waals surface area contributed by atoms with Gasteiger partial charge < -0.3 is 40.3 Å². The minimum absolute atomic E-state index is 0.0111. The Morgan fingerprint density at radius 3 is 2.31 bits per heavy atom. The molecule has 0 radical (unpaired) electrons. The maximum absolute atomic E-state index is 14.9. The average Bonchev–Trinajstić information content (AvgIpc) is 3.98. The number of piperidine rings is 1. The lowest BCUT2D eigenvalue weighted by Gasteiger charge is -2.35. The van der Waals surface area contributed by atoms with Crippen LogP contribution in [0.3, 0.4) is 0 Å². The van der Waals surface area contributed by atoms with E-state index < -0.39 is 29.4 Å². The highest BCUT2D eigenvalue weighted by molar-refractivity contribution is 7.13. The quantitative estimate of drug-likeness (QED) is 0.0429. The summed E-state index contributed by atoms with van der Waals surface area (Å²) in [6.07, 6.45) is 7.47. The summed E-state index contributed by atoms with van der Waals surface area (Å²) in [7, 11) is 1.55. The second-order valence-corrected chi connectivity index (χ2v) is 21.0. The summed E-state index contributed by atoms with van der Waals surface area (Å²) in [5, 5.41) is 20.0. The minimum Gasteiger partial charge on any atom is -0.493 e. The number of nitrogens with one attached hydrogen (secondary N) is 3. The molecule has 0 aliphatic carbocycles. The van der Waals surface area contributed by atoms with Crippen molar-refractivity contribution < 1.29 is 38.1 Å². The molecule has 2 aliphatic rings. The SMILES string of the molecule is COc1cc2ncnc(Nc3ccc(Cl)c(Cl)c3F)c2cc1OC1CCN(C(=O)CCCCCCCCC(=O)NC(C(=O)N2C[C@H](O)C[C@H]2C(=O)NCc2ccc(-c3scnc3C)cc2)C(C)(C)C)CC1. The van der Waals surface area contributed by atoms with Crippen LogP contribution in [-0.2, 0) is 25.7 Å². The Hall–Kier alpha value is -5.62. The molecule has 3 aromatic carbocycles. The minimum atomic E-state index is -0.883. The number of rotatable bonds is 20. The van der Waals surface area contributed by atoms with Crippen LogP contribution >= 0.6 is 34.5 Å². The first-order valence-electron chi connectivity index (χ1n) is 24.2. The van der Waals surface area contributed by atoms with E-state index in [1.807, 2.05) is 62.4 Å². The molecule has 4 N–H and O–H groups in total. The molecule has 2 aromatic heterocycles. The first-order chi connectivity index (χ1) is 34.0. The van der Waals surface area contributed by atoms with Crippen molar-refractivity contribution in [1.82, 2.24) is 35.4 Å². The zero-order chi connectivity index (χ0) is 50.8. The number of carbonyl (C=O) groups excluding carboxylic acids is 4. The van der Waals surface area contributed by atoms with Crippen LogP contribution in [0.5, 0.6) is 11.5 Å². The monoisotopic (exact) mass is 1030 g/mol. The van der Waals surface area contributed by atoms with Crippen LogP contribution in [0.2, 0.25) is 10.0 Å². The topological polar surface area (TPSA) is 188 Å². The van der Waals surface area contributed by atoms with Crippen LogP contribution in [0.15, 0.2) is 60.4 Å². The van der Waals surface area contributed by atoms with E-state index in [4.69, 9.17) is 32.7 Å². The van der Waals surface area contributed by atoms with Gasteiger partial charge in [0.25, 0.3) is 0 Å². The molecule has 19 heteroatoms. The molecule has 4 heterocycles. The van der Waals surface area contributed by atoms with E-state index in [0.29, 0.717) is 67.0 Å². The van der Waals surface area contributed by atoms with E-state index in [1.54, 1.807) is 30.6 Å². The molecule has 3 atom stereocenters. The van der Waals surface area contributed by atoms with Gasteiger partial charge in [-0.3, -0.25) is 19.2 Å². The Bertz CT molecular complexity index is 2680. The van der Waals surface area contributed by atoms with Crippen molar-refractivity contribution in [3.63, 3.8) is 0 Å². The molecule has 0 spiro atoms. The van der Waals surface area contributed by atoms with Crippen molar-refractivity contribution in [1.29, 1.82) is 0 Å². The first kappa shape index (κ1) is 53.2. The molecule has 71 heavy (non-hydrogen) atoms. The number of likely N-dealkylation sites (tertiary alicyclic amines) is 2. The number of methoxy groups -OCH3 is 1. The standard InChI is InChI=1S/C52H63Cl2FN8O7S/c1-31-47(71-30-59-31)33-16-14-32(15-17-33)27-56-50(67)40-24-34(64)28-63(40)51(68)48(52(2,3)4)61-43(65)12-10-8-6-7-9-11-13-44(66)62-22-20-35(21-23-62)70-42-25-36-39(26-41(42)69-5)57-29-58-49(36)60-38-19-18-37(53)45(54)46(38)55/h14-19,25-26,29-30,34-35,40,48,64H,6-13,20-24,27-28H2,1-5H3,(H,56,67)(H,61,65)(H,57,58,60)/t34-,40+,48?/m1/s1. The molecule has 380 valence electrons. The number of hydrogen-bond donors (Lipinski definition) is 4. The Labute approximate surface area is 428 Å². The van der Waals surface area contributed by atoms with E-state index >= 15 is 0 Å². The highest BCUT2D eigenvalue weighted by atomic mass is 35.5. The molecular formula is C52H63Cl2FN8O7S. The van der Waals surface area contributed by atoms with Gasteiger partial charge in [0.05, 0.1) is 50.5 Å². The summed E-state index contributed by atoms with van der Waals surface area (Å²) < 4.78 is 26.9. The number of aromatic nitrogens is 3. The van der Waals surface area contributed by atoms with E-state index in [1.165, 1.54) is 23.4 Å². The number of anilines is 2. The summed E-state index contributed by atoms with van der Waals surface area (Å²) in [4.78, 5) is 71.3. The van der Waals surface area contributed by atoms with Gasteiger partial charge in [-0.2, -0.15) is 0 Å². The number of thiazole rings is 1. The van der Waals surface area contributed by atoms with Gasteiger partial charge >= 0.3 is 0 Å². The second-order valence-electron chi connectivity index (χ2n) is 19.4.